The molecule has 1 aliphatic carbocycles. The molecule has 1 aromatic heterocycles. The van der Waals surface area contributed by atoms with Crippen LogP contribution < -0.4 is 5.32 Å². The third-order valence-electron chi connectivity index (χ3n) is 4.76. The van der Waals surface area contributed by atoms with E-state index in [1.54, 1.807) is 0 Å². The van der Waals surface area contributed by atoms with Crippen LogP contribution in [0.5, 0.6) is 0 Å². The number of rotatable bonds is 3. The maximum Gasteiger partial charge on any atom is 0.410 e. The van der Waals surface area contributed by atoms with Crippen LogP contribution >= 0.6 is 0 Å². The van der Waals surface area contributed by atoms with Gasteiger partial charge in [-0.3, -0.25) is 0 Å². The lowest BCUT2D eigenvalue weighted by atomic mass is 9.93. The lowest BCUT2D eigenvalue weighted by molar-refractivity contribution is 0.00948. The van der Waals surface area contributed by atoms with Crippen molar-refractivity contribution in [2.24, 2.45) is 0 Å². The van der Waals surface area contributed by atoms with Crippen LogP contribution in [-0.2, 0) is 4.74 Å². The summed E-state index contributed by atoms with van der Waals surface area (Å²) in [6, 6.07) is 4.78. The van der Waals surface area contributed by atoms with Crippen molar-refractivity contribution in [2.45, 2.75) is 77.0 Å². The lowest BCUT2D eigenvalue weighted by Crippen LogP contribution is -2.41. The zero-order valence-electron chi connectivity index (χ0n) is 15.0. The molecular weight excluding hydrogens is 302 g/mol. The molecule has 3 rings (SSSR count). The van der Waals surface area contributed by atoms with E-state index >= 15 is 0 Å². The minimum absolute atomic E-state index is 0.0684. The SMILES string of the molecule is CC(C)(C)OC(=O)N1CCCC[C@@H]1c1ccc(NC2CCC2)nc1. The molecular formula is C19H29N3O2. The Bertz CT molecular complexity index is 561. The standard InChI is InChI=1S/C19H29N3O2/c1-19(2,3)24-18(23)22-12-5-4-9-16(22)14-10-11-17(20-13-14)21-15-7-6-8-15/h10-11,13,15-16H,4-9,12H2,1-3H3,(H,20,21)/t16-/m1/s1. The maximum absolute atomic E-state index is 12.5. The average molecular weight is 331 g/mol. The van der Waals surface area contributed by atoms with Gasteiger partial charge in [0.1, 0.15) is 11.4 Å². The van der Waals surface area contributed by atoms with Crippen LogP contribution in [0.2, 0.25) is 0 Å². The van der Waals surface area contributed by atoms with Crippen molar-refractivity contribution in [2.75, 3.05) is 11.9 Å². The van der Waals surface area contributed by atoms with Crippen LogP contribution in [0, 0.1) is 0 Å². The van der Waals surface area contributed by atoms with Gasteiger partial charge in [0, 0.05) is 18.8 Å². The van der Waals surface area contributed by atoms with E-state index in [-0.39, 0.29) is 12.1 Å². The van der Waals surface area contributed by atoms with Crippen LogP contribution in [0.4, 0.5) is 10.6 Å². The number of aromatic nitrogens is 1. The highest BCUT2D eigenvalue weighted by Crippen LogP contribution is 2.32. The molecule has 2 fully saturated rings. The Morgan fingerprint density at radius 3 is 2.58 bits per heavy atom. The Labute approximate surface area is 144 Å². The molecule has 2 heterocycles. The predicted octanol–water partition coefficient (Wildman–Crippen LogP) is 4.51. The van der Waals surface area contributed by atoms with Crippen molar-refractivity contribution >= 4 is 11.9 Å². The van der Waals surface area contributed by atoms with Gasteiger partial charge < -0.3 is 15.0 Å². The zero-order chi connectivity index (χ0) is 17.2. The minimum atomic E-state index is -0.464. The van der Waals surface area contributed by atoms with Gasteiger partial charge in [-0.05, 0) is 70.9 Å². The molecule has 1 aromatic rings. The number of carbonyl (C=O) groups excluding carboxylic acids is 1. The number of pyridine rings is 1. The second-order valence-electron chi connectivity index (χ2n) is 7.93. The van der Waals surface area contributed by atoms with Crippen molar-refractivity contribution in [1.29, 1.82) is 0 Å². The van der Waals surface area contributed by atoms with Gasteiger partial charge in [0.15, 0.2) is 0 Å². The first kappa shape index (κ1) is 17.1. The fraction of sp³-hybridized carbons (Fsp3) is 0.684. The second kappa shape index (κ2) is 6.99. The topological polar surface area (TPSA) is 54.5 Å². The monoisotopic (exact) mass is 331 g/mol. The van der Waals surface area contributed by atoms with Crippen LogP contribution in [0.25, 0.3) is 0 Å². The number of amides is 1. The minimum Gasteiger partial charge on any atom is -0.444 e. The molecule has 1 amide bonds. The van der Waals surface area contributed by atoms with Crippen molar-refractivity contribution < 1.29 is 9.53 Å². The molecule has 1 atom stereocenters. The first-order valence-corrected chi connectivity index (χ1v) is 9.14. The fourth-order valence-corrected chi connectivity index (χ4v) is 3.27. The number of nitrogens with one attached hydrogen (secondary N) is 1. The Morgan fingerprint density at radius 1 is 1.21 bits per heavy atom. The van der Waals surface area contributed by atoms with Gasteiger partial charge in [0.2, 0.25) is 0 Å². The highest BCUT2D eigenvalue weighted by molar-refractivity contribution is 5.69. The quantitative estimate of drug-likeness (QED) is 0.885. The van der Waals surface area contributed by atoms with Crippen molar-refractivity contribution in [3.63, 3.8) is 0 Å². The van der Waals surface area contributed by atoms with Crippen LogP contribution in [0.1, 0.15) is 70.9 Å². The third-order valence-corrected chi connectivity index (χ3v) is 4.76. The Balaban J connectivity index is 1.69. The highest BCUT2D eigenvalue weighted by Gasteiger charge is 2.31. The Hall–Kier alpha value is -1.78. The van der Waals surface area contributed by atoms with Gasteiger partial charge in [-0.15, -0.1) is 0 Å². The molecule has 24 heavy (non-hydrogen) atoms. The van der Waals surface area contributed by atoms with Crippen molar-refractivity contribution in [1.82, 2.24) is 9.88 Å². The summed E-state index contributed by atoms with van der Waals surface area (Å²) in [6.07, 6.45) is 8.60. The average Bonchev–Trinajstić information content (AvgIpc) is 2.50. The van der Waals surface area contributed by atoms with Gasteiger partial charge >= 0.3 is 6.09 Å². The zero-order valence-corrected chi connectivity index (χ0v) is 15.0. The normalized spacial score (nSPS) is 22.0. The molecule has 0 unspecified atom stereocenters. The van der Waals surface area contributed by atoms with E-state index in [2.05, 4.69) is 16.4 Å². The molecule has 1 saturated carbocycles. The van der Waals surface area contributed by atoms with Gasteiger partial charge in [-0.25, -0.2) is 9.78 Å². The second-order valence-corrected chi connectivity index (χ2v) is 7.93. The Morgan fingerprint density at radius 2 is 2.00 bits per heavy atom. The van der Waals surface area contributed by atoms with E-state index in [0.29, 0.717) is 6.04 Å². The Kier molecular flexibility index (Phi) is 4.97. The number of nitrogens with zero attached hydrogens (tertiary/aromatic N) is 2. The molecule has 5 heteroatoms. The molecule has 0 bridgehead atoms. The summed E-state index contributed by atoms with van der Waals surface area (Å²) in [5, 5.41) is 3.46. The molecule has 5 nitrogen and oxygen atoms in total. The van der Waals surface area contributed by atoms with Gasteiger partial charge in [0.05, 0.1) is 6.04 Å². The maximum atomic E-state index is 12.5. The molecule has 2 aliphatic rings. The summed E-state index contributed by atoms with van der Waals surface area (Å²) in [7, 11) is 0. The summed E-state index contributed by atoms with van der Waals surface area (Å²) >= 11 is 0. The number of hydrogen-bond donors (Lipinski definition) is 1. The molecule has 1 N–H and O–H groups in total. The lowest BCUT2D eigenvalue weighted by Gasteiger charge is -2.37. The summed E-state index contributed by atoms with van der Waals surface area (Å²) in [4.78, 5) is 18.9. The molecule has 0 aromatic carbocycles. The number of anilines is 1. The van der Waals surface area contributed by atoms with Crippen molar-refractivity contribution in [3.05, 3.63) is 23.9 Å². The molecule has 1 saturated heterocycles. The van der Waals surface area contributed by atoms with E-state index in [1.807, 2.05) is 37.9 Å². The van der Waals surface area contributed by atoms with Crippen LogP contribution in [-0.4, -0.2) is 34.2 Å². The fourth-order valence-electron chi connectivity index (χ4n) is 3.27. The summed E-state index contributed by atoms with van der Waals surface area (Å²) in [5.41, 5.74) is 0.633. The van der Waals surface area contributed by atoms with Gasteiger partial charge in [0.25, 0.3) is 0 Å². The number of likely N-dealkylation sites (tertiary alicyclic amines) is 1. The molecule has 132 valence electrons. The van der Waals surface area contributed by atoms with E-state index in [4.69, 9.17) is 4.74 Å². The molecule has 0 spiro atoms. The number of ether oxygens (including phenoxy) is 1. The van der Waals surface area contributed by atoms with Gasteiger partial charge in [-0.1, -0.05) is 6.07 Å². The van der Waals surface area contributed by atoms with E-state index in [1.165, 1.54) is 19.3 Å². The largest absolute Gasteiger partial charge is 0.444 e. The predicted molar refractivity (Wildman–Crippen MR) is 95.0 cm³/mol. The van der Waals surface area contributed by atoms with Crippen LogP contribution in [0.3, 0.4) is 0 Å². The van der Waals surface area contributed by atoms with E-state index in [9.17, 15) is 4.79 Å². The van der Waals surface area contributed by atoms with E-state index in [0.717, 1.165) is 37.2 Å². The first-order chi connectivity index (χ1) is 11.4. The summed E-state index contributed by atoms with van der Waals surface area (Å²) in [5.74, 6) is 0.933. The third kappa shape index (κ3) is 4.19. The number of carbonyl (C=O) groups is 1. The van der Waals surface area contributed by atoms with Gasteiger partial charge in [-0.2, -0.15) is 0 Å². The van der Waals surface area contributed by atoms with Crippen molar-refractivity contribution in [3.8, 4) is 0 Å². The number of hydrogen-bond acceptors (Lipinski definition) is 4. The highest BCUT2D eigenvalue weighted by atomic mass is 16.6. The summed E-state index contributed by atoms with van der Waals surface area (Å²) in [6.45, 7) is 6.48. The smallest absolute Gasteiger partial charge is 0.410 e. The molecule has 1 aliphatic heterocycles. The summed E-state index contributed by atoms with van der Waals surface area (Å²) < 4.78 is 5.58. The molecule has 0 radical (unpaired) electrons. The van der Waals surface area contributed by atoms with Crippen LogP contribution in [0.15, 0.2) is 18.3 Å². The first-order valence-electron chi connectivity index (χ1n) is 9.14. The van der Waals surface area contributed by atoms with E-state index < -0.39 is 5.60 Å². The number of piperidine rings is 1.